The largest absolute Gasteiger partial charge is 0.208 e. The molecule has 0 radical (unpaired) electrons. The van der Waals surface area contributed by atoms with Gasteiger partial charge in [0.2, 0.25) is 4.73 Å². The lowest BCUT2D eigenvalue weighted by Crippen LogP contribution is -2.00. The number of rotatable bonds is 2. The SMILES string of the molecule is Brc1nc(C2=CCCC=C2)nc(-c2ccccc2)n1. The van der Waals surface area contributed by atoms with Gasteiger partial charge in [-0.05, 0) is 28.8 Å². The average molecular weight is 314 g/mol. The Balaban J connectivity index is 2.06. The number of aromatic nitrogens is 3. The van der Waals surface area contributed by atoms with Gasteiger partial charge in [-0.2, -0.15) is 0 Å². The summed E-state index contributed by atoms with van der Waals surface area (Å²) in [6.45, 7) is 0. The Morgan fingerprint density at radius 2 is 1.68 bits per heavy atom. The molecule has 94 valence electrons. The third-order valence-corrected chi connectivity index (χ3v) is 3.25. The van der Waals surface area contributed by atoms with Crippen molar-refractivity contribution >= 4 is 21.5 Å². The average Bonchev–Trinajstić information content (AvgIpc) is 2.48. The van der Waals surface area contributed by atoms with Gasteiger partial charge >= 0.3 is 0 Å². The molecule has 0 atom stereocenters. The van der Waals surface area contributed by atoms with Gasteiger partial charge in [0.05, 0.1) is 0 Å². The maximum Gasteiger partial charge on any atom is 0.200 e. The second-order valence-corrected chi connectivity index (χ2v) is 4.97. The van der Waals surface area contributed by atoms with Crippen molar-refractivity contribution in [1.29, 1.82) is 0 Å². The molecule has 0 bridgehead atoms. The van der Waals surface area contributed by atoms with E-state index in [0.717, 1.165) is 29.8 Å². The second-order valence-electron chi connectivity index (χ2n) is 4.26. The predicted octanol–water partition coefficient (Wildman–Crippen LogP) is 4.03. The lowest BCUT2D eigenvalue weighted by molar-refractivity contribution is 0.978. The molecular weight excluding hydrogens is 302 g/mol. The molecule has 0 spiro atoms. The Kier molecular flexibility index (Phi) is 3.51. The van der Waals surface area contributed by atoms with Crippen molar-refractivity contribution in [3.63, 3.8) is 0 Å². The minimum absolute atomic E-state index is 0.566. The molecule has 0 fully saturated rings. The molecule has 0 aliphatic heterocycles. The molecule has 3 nitrogen and oxygen atoms in total. The molecule has 1 aromatic carbocycles. The minimum Gasteiger partial charge on any atom is -0.208 e. The quantitative estimate of drug-likeness (QED) is 0.840. The van der Waals surface area contributed by atoms with E-state index in [9.17, 15) is 0 Å². The first kappa shape index (κ1) is 12.2. The van der Waals surface area contributed by atoms with Crippen LogP contribution in [0.5, 0.6) is 0 Å². The van der Waals surface area contributed by atoms with E-state index >= 15 is 0 Å². The summed E-state index contributed by atoms with van der Waals surface area (Å²) in [6.07, 6.45) is 8.50. The fourth-order valence-corrected chi connectivity index (χ4v) is 2.31. The molecule has 19 heavy (non-hydrogen) atoms. The predicted molar refractivity (Wildman–Crippen MR) is 79.3 cm³/mol. The van der Waals surface area contributed by atoms with Crippen molar-refractivity contribution in [2.45, 2.75) is 12.8 Å². The van der Waals surface area contributed by atoms with Gasteiger partial charge in [0, 0.05) is 11.1 Å². The van der Waals surface area contributed by atoms with E-state index in [4.69, 9.17) is 0 Å². The lowest BCUT2D eigenvalue weighted by atomic mass is 10.1. The molecule has 1 aromatic heterocycles. The third kappa shape index (κ3) is 2.79. The van der Waals surface area contributed by atoms with E-state index in [1.165, 1.54) is 0 Å². The summed E-state index contributed by atoms with van der Waals surface area (Å²) in [5.41, 5.74) is 2.05. The molecule has 0 amide bonds. The van der Waals surface area contributed by atoms with E-state index in [1.54, 1.807) is 0 Å². The van der Waals surface area contributed by atoms with Crippen molar-refractivity contribution in [2.24, 2.45) is 0 Å². The molecule has 0 N–H and O–H groups in total. The number of nitrogens with zero attached hydrogens (tertiary/aromatic N) is 3. The van der Waals surface area contributed by atoms with E-state index < -0.39 is 0 Å². The first-order valence-electron chi connectivity index (χ1n) is 6.17. The highest BCUT2D eigenvalue weighted by Crippen LogP contribution is 2.22. The van der Waals surface area contributed by atoms with Gasteiger partial charge in [-0.25, -0.2) is 15.0 Å². The lowest BCUT2D eigenvalue weighted by Gasteiger charge is -2.07. The van der Waals surface area contributed by atoms with Gasteiger partial charge in [0.15, 0.2) is 11.6 Å². The summed E-state index contributed by atoms with van der Waals surface area (Å²) < 4.78 is 0.566. The minimum atomic E-state index is 0.566. The van der Waals surface area contributed by atoms with Crippen LogP contribution in [-0.4, -0.2) is 15.0 Å². The van der Waals surface area contributed by atoms with Crippen LogP contribution in [-0.2, 0) is 0 Å². The standard InChI is InChI=1S/C15H12BrN3/c16-15-18-13(11-7-3-1-4-8-11)17-14(19-15)12-9-5-2-6-10-12/h1,3-5,7-10H,2,6H2. The Morgan fingerprint density at radius 3 is 2.42 bits per heavy atom. The fraction of sp³-hybridized carbons (Fsp3) is 0.133. The zero-order valence-electron chi connectivity index (χ0n) is 10.3. The first-order valence-corrected chi connectivity index (χ1v) is 6.96. The van der Waals surface area contributed by atoms with Gasteiger partial charge in [-0.3, -0.25) is 0 Å². The third-order valence-electron chi connectivity index (χ3n) is 2.89. The Bertz CT molecular complexity index is 648. The van der Waals surface area contributed by atoms with Crippen LogP contribution in [0.3, 0.4) is 0 Å². The number of hydrogen-bond donors (Lipinski definition) is 0. The molecule has 4 heteroatoms. The molecular formula is C15H12BrN3. The first-order chi connectivity index (χ1) is 9.33. The highest BCUT2D eigenvalue weighted by atomic mass is 79.9. The van der Waals surface area contributed by atoms with Gasteiger partial charge in [-0.15, -0.1) is 0 Å². The van der Waals surface area contributed by atoms with Crippen LogP contribution in [0.15, 0.2) is 53.3 Å². The smallest absolute Gasteiger partial charge is 0.200 e. The van der Waals surface area contributed by atoms with Crippen molar-refractivity contribution in [2.75, 3.05) is 0 Å². The summed E-state index contributed by atoms with van der Waals surface area (Å²) in [5, 5.41) is 0. The van der Waals surface area contributed by atoms with Gasteiger partial charge in [-0.1, -0.05) is 48.6 Å². The molecule has 1 heterocycles. The van der Waals surface area contributed by atoms with Crippen LogP contribution >= 0.6 is 15.9 Å². The molecule has 2 aromatic rings. The molecule has 1 aliphatic carbocycles. The number of benzene rings is 1. The topological polar surface area (TPSA) is 38.7 Å². The van der Waals surface area contributed by atoms with E-state index in [1.807, 2.05) is 30.3 Å². The summed E-state index contributed by atoms with van der Waals surface area (Å²) in [5.74, 6) is 1.41. The zero-order valence-corrected chi connectivity index (χ0v) is 11.8. The van der Waals surface area contributed by atoms with E-state index in [2.05, 4.69) is 49.1 Å². The van der Waals surface area contributed by atoms with E-state index in [-0.39, 0.29) is 0 Å². The second kappa shape index (κ2) is 5.45. The van der Waals surface area contributed by atoms with Gasteiger partial charge in [0.25, 0.3) is 0 Å². The zero-order chi connectivity index (χ0) is 13.1. The molecule has 0 saturated heterocycles. The summed E-state index contributed by atoms with van der Waals surface area (Å²) in [4.78, 5) is 13.3. The normalized spacial score (nSPS) is 14.3. The number of halogens is 1. The molecule has 1 aliphatic rings. The van der Waals surface area contributed by atoms with E-state index in [0.29, 0.717) is 10.6 Å². The van der Waals surface area contributed by atoms with Crippen LogP contribution in [0.1, 0.15) is 18.7 Å². The van der Waals surface area contributed by atoms with Crippen molar-refractivity contribution < 1.29 is 0 Å². The summed E-state index contributed by atoms with van der Waals surface area (Å²) >= 11 is 3.36. The summed E-state index contributed by atoms with van der Waals surface area (Å²) in [7, 11) is 0. The molecule has 0 unspecified atom stereocenters. The van der Waals surface area contributed by atoms with Gasteiger partial charge < -0.3 is 0 Å². The fourth-order valence-electron chi connectivity index (χ4n) is 1.97. The molecule has 0 saturated carbocycles. The van der Waals surface area contributed by atoms with Crippen molar-refractivity contribution in [1.82, 2.24) is 15.0 Å². The van der Waals surface area contributed by atoms with Crippen LogP contribution in [0.4, 0.5) is 0 Å². The Labute approximate surface area is 120 Å². The summed E-state index contributed by atoms with van der Waals surface area (Å²) in [6, 6.07) is 9.93. The highest BCUT2D eigenvalue weighted by Gasteiger charge is 2.10. The van der Waals surface area contributed by atoms with Crippen LogP contribution in [0.2, 0.25) is 0 Å². The number of hydrogen-bond acceptors (Lipinski definition) is 3. The van der Waals surface area contributed by atoms with Crippen molar-refractivity contribution in [3.05, 3.63) is 59.1 Å². The Morgan fingerprint density at radius 1 is 0.895 bits per heavy atom. The maximum absolute atomic E-state index is 4.56. The van der Waals surface area contributed by atoms with Crippen LogP contribution in [0.25, 0.3) is 17.0 Å². The Hall–Kier alpha value is -1.81. The maximum atomic E-state index is 4.56. The van der Waals surface area contributed by atoms with Gasteiger partial charge in [0.1, 0.15) is 0 Å². The monoisotopic (exact) mass is 313 g/mol. The number of allylic oxidation sites excluding steroid dienone is 4. The van der Waals surface area contributed by atoms with Crippen molar-refractivity contribution in [3.8, 4) is 11.4 Å². The van der Waals surface area contributed by atoms with Crippen LogP contribution < -0.4 is 0 Å². The highest BCUT2D eigenvalue weighted by molar-refractivity contribution is 9.10. The molecule has 3 rings (SSSR count). The van der Waals surface area contributed by atoms with Crippen LogP contribution in [0, 0.1) is 0 Å².